The lowest BCUT2D eigenvalue weighted by Crippen LogP contribution is -2.29. The summed E-state index contributed by atoms with van der Waals surface area (Å²) in [6.07, 6.45) is 6.61. The number of hydrogen-bond acceptors (Lipinski definition) is 2. The fraction of sp³-hybridized carbons (Fsp3) is 0.467. The maximum atomic E-state index is 5.75. The van der Waals surface area contributed by atoms with Crippen LogP contribution < -0.4 is 9.47 Å². The minimum absolute atomic E-state index is 0.472. The fourth-order valence-corrected chi connectivity index (χ4v) is 1.96. The molecule has 1 atom stereocenters. The first-order chi connectivity index (χ1) is 7.96. The molecule has 1 aliphatic rings. The third kappa shape index (κ3) is 2.10. The van der Waals surface area contributed by atoms with Crippen molar-refractivity contribution in [3.05, 3.63) is 23.3 Å². The first-order valence-corrected chi connectivity index (χ1v) is 5.99. The second-order valence-electron chi connectivity index (χ2n) is 4.95. The van der Waals surface area contributed by atoms with Gasteiger partial charge in [-0.25, -0.2) is 0 Å². The standard InChI is InChI=1S/C15H18O2/c1-6-10(3)12-8-11(7-2)14-13(9-12)16-15(4,5)17-14/h2,8-10H,6H2,1,3-5H3. The molecule has 1 aromatic carbocycles. The predicted molar refractivity (Wildman–Crippen MR) is 68.4 cm³/mol. The lowest BCUT2D eigenvalue weighted by atomic mass is 9.96. The van der Waals surface area contributed by atoms with Gasteiger partial charge in [-0.05, 0) is 30.0 Å². The van der Waals surface area contributed by atoms with Gasteiger partial charge in [0, 0.05) is 13.8 Å². The Hall–Kier alpha value is -1.62. The number of fused-ring (bicyclic) bond motifs is 1. The molecular formula is C15H18O2. The molecule has 0 amide bonds. The predicted octanol–water partition coefficient (Wildman–Crippen LogP) is 3.69. The zero-order valence-electron chi connectivity index (χ0n) is 10.8. The number of ether oxygens (including phenoxy) is 2. The first kappa shape index (κ1) is 11.9. The quantitative estimate of drug-likeness (QED) is 0.721. The molecule has 0 N–H and O–H groups in total. The Morgan fingerprint density at radius 2 is 2.06 bits per heavy atom. The maximum Gasteiger partial charge on any atom is 0.246 e. The van der Waals surface area contributed by atoms with Gasteiger partial charge in [-0.1, -0.05) is 19.8 Å². The summed E-state index contributed by atoms with van der Waals surface area (Å²) in [7, 11) is 0. The molecule has 1 aliphatic heterocycles. The molecule has 0 spiro atoms. The maximum absolute atomic E-state index is 5.75. The molecular weight excluding hydrogens is 212 g/mol. The van der Waals surface area contributed by atoms with Crippen LogP contribution in [-0.2, 0) is 0 Å². The Morgan fingerprint density at radius 3 is 2.65 bits per heavy atom. The second kappa shape index (κ2) is 4.00. The molecule has 1 unspecified atom stereocenters. The lowest BCUT2D eigenvalue weighted by molar-refractivity contribution is -0.0432. The van der Waals surface area contributed by atoms with E-state index in [2.05, 4.69) is 19.8 Å². The highest BCUT2D eigenvalue weighted by atomic mass is 16.7. The molecule has 0 aromatic heterocycles. The van der Waals surface area contributed by atoms with Crippen LogP contribution in [0, 0.1) is 12.3 Å². The number of hydrogen-bond donors (Lipinski definition) is 0. The molecule has 0 aliphatic carbocycles. The third-order valence-corrected chi connectivity index (χ3v) is 3.12. The van der Waals surface area contributed by atoms with Gasteiger partial charge < -0.3 is 9.47 Å². The zero-order valence-corrected chi connectivity index (χ0v) is 10.8. The molecule has 1 aromatic rings. The van der Waals surface area contributed by atoms with Crippen molar-refractivity contribution in [2.24, 2.45) is 0 Å². The van der Waals surface area contributed by atoms with E-state index >= 15 is 0 Å². The van der Waals surface area contributed by atoms with Gasteiger partial charge >= 0.3 is 0 Å². The van der Waals surface area contributed by atoms with Crippen LogP contribution in [0.2, 0.25) is 0 Å². The van der Waals surface area contributed by atoms with Gasteiger partial charge in [-0.2, -0.15) is 0 Å². The van der Waals surface area contributed by atoms with E-state index in [-0.39, 0.29) is 0 Å². The van der Waals surface area contributed by atoms with E-state index in [9.17, 15) is 0 Å². The van der Waals surface area contributed by atoms with Crippen LogP contribution in [0.3, 0.4) is 0 Å². The molecule has 0 radical (unpaired) electrons. The fourth-order valence-electron chi connectivity index (χ4n) is 1.96. The van der Waals surface area contributed by atoms with Gasteiger partial charge in [-0.15, -0.1) is 6.42 Å². The largest absolute Gasteiger partial charge is 0.449 e. The van der Waals surface area contributed by atoms with Gasteiger partial charge in [0.05, 0.1) is 5.56 Å². The highest BCUT2D eigenvalue weighted by Crippen LogP contribution is 2.43. The number of terminal acetylenes is 1. The number of rotatable bonds is 2. The molecule has 0 fully saturated rings. The van der Waals surface area contributed by atoms with E-state index < -0.39 is 5.79 Å². The van der Waals surface area contributed by atoms with E-state index in [0.29, 0.717) is 11.7 Å². The molecule has 17 heavy (non-hydrogen) atoms. The minimum Gasteiger partial charge on any atom is -0.449 e. The van der Waals surface area contributed by atoms with Crippen LogP contribution >= 0.6 is 0 Å². The van der Waals surface area contributed by atoms with Crippen molar-refractivity contribution in [2.45, 2.75) is 45.8 Å². The summed E-state index contributed by atoms with van der Waals surface area (Å²) in [4.78, 5) is 0. The van der Waals surface area contributed by atoms with E-state index in [4.69, 9.17) is 15.9 Å². The van der Waals surface area contributed by atoms with Crippen molar-refractivity contribution in [1.29, 1.82) is 0 Å². The molecule has 0 saturated heterocycles. The monoisotopic (exact) mass is 230 g/mol. The molecule has 0 saturated carbocycles. The van der Waals surface area contributed by atoms with Crippen molar-refractivity contribution in [3.8, 4) is 23.8 Å². The molecule has 1 heterocycles. The van der Waals surface area contributed by atoms with Crippen LogP contribution in [-0.4, -0.2) is 5.79 Å². The summed E-state index contributed by atoms with van der Waals surface area (Å²) in [6, 6.07) is 4.07. The first-order valence-electron chi connectivity index (χ1n) is 5.99. The molecule has 0 bridgehead atoms. The SMILES string of the molecule is C#Cc1cc(C(C)CC)cc2c1OC(C)(C)O2. The van der Waals surface area contributed by atoms with Crippen LogP contribution in [0.15, 0.2) is 12.1 Å². The van der Waals surface area contributed by atoms with Gasteiger partial charge in [-0.3, -0.25) is 0 Å². The van der Waals surface area contributed by atoms with Crippen LogP contribution in [0.4, 0.5) is 0 Å². The zero-order chi connectivity index (χ0) is 12.6. The molecule has 2 heteroatoms. The molecule has 2 nitrogen and oxygen atoms in total. The highest BCUT2D eigenvalue weighted by molar-refractivity contribution is 5.58. The van der Waals surface area contributed by atoms with E-state index in [1.807, 2.05) is 26.0 Å². The van der Waals surface area contributed by atoms with Crippen molar-refractivity contribution < 1.29 is 9.47 Å². The highest BCUT2D eigenvalue weighted by Gasteiger charge is 2.34. The lowest BCUT2D eigenvalue weighted by Gasteiger charge is -2.16. The Bertz CT molecular complexity index is 480. The second-order valence-corrected chi connectivity index (χ2v) is 4.95. The third-order valence-electron chi connectivity index (χ3n) is 3.12. The van der Waals surface area contributed by atoms with E-state index in [1.165, 1.54) is 5.56 Å². The Labute approximate surface area is 103 Å². The van der Waals surface area contributed by atoms with Crippen molar-refractivity contribution in [1.82, 2.24) is 0 Å². The topological polar surface area (TPSA) is 18.5 Å². The van der Waals surface area contributed by atoms with Crippen molar-refractivity contribution in [2.75, 3.05) is 0 Å². The summed E-state index contributed by atoms with van der Waals surface area (Å²) in [5.41, 5.74) is 1.99. The average molecular weight is 230 g/mol. The summed E-state index contributed by atoms with van der Waals surface area (Å²) in [6.45, 7) is 8.12. The average Bonchev–Trinajstić information content (AvgIpc) is 2.60. The summed E-state index contributed by atoms with van der Waals surface area (Å²) >= 11 is 0. The van der Waals surface area contributed by atoms with E-state index in [0.717, 1.165) is 17.7 Å². The van der Waals surface area contributed by atoms with Gasteiger partial charge in [0.2, 0.25) is 5.79 Å². The smallest absolute Gasteiger partial charge is 0.246 e. The van der Waals surface area contributed by atoms with E-state index in [1.54, 1.807) is 0 Å². The normalized spacial score (nSPS) is 17.6. The van der Waals surface area contributed by atoms with Gasteiger partial charge in [0.25, 0.3) is 0 Å². The minimum atomic E-state index is -0.623. The summed E-state index contributed by atoms with van der Waals surface area (Å²) in [5.74, 6) is 3.99. The van der Waals surface area contributed by atoms with Gasteiger partial charge in [0.15, 0.2) is 11.5 Å². The Kier molecular flexibility index (Phi) is 2.79. The molecule has 90 valence electrons. The van der Waals surface area contributed by atoms with Crippen molar-refractivity contribution >= 4 is 0 Å². The Morgan fingerprint density at radius 1 is 1.35 bits per heavy atom. The Balaban J connectivity index is 2.50. The molecule has 2 rings (SSSR count). The summed E-state index contributed by atoms with van der Waals surface area (Å²) in [5, 5.41) is 0. The van der Waals surface area contributed by atoms with Crippen LogP contribution in [0.25, 0.3) is 0 Å². The van der Waals surface area contributed by atoms with Gasteiger partial charge in [0.1, 0.15) is 0 Å². The van der Waals surface area contributed by atoms with Crippen LogP contribution in [0.1, 0.15) is 51.2 Å². The number of benzene rings is 1. The summed E-state index contributed by atoms with van der Waals surface area (Å²) < 4.78 is 11.5. The van der Waals surface area contributed by atoms with Crippen LogP contribution in [0.5, 0.6) is 11.5 Å². The van der Waals surface area contributed by atoms with Crippen molar-refractivity contribution in [3.63, 3.8) is 0 Å².